The Kier molecular flexibility index (Phi) is 26.5. The van der Waals surface area contributed by atoms with E-state index in [2.05, 4.69) is 14.6 Å². The van der Waals surface area contributed by atoms with Crippen molar-refractivity contribution in [3.8, 4) is 0 Å². The molecule has 0 radical (unpaired) electrons. The van der Waals surface area contributed by atoms with Crippen LogP contribution in [0.4, 0.5) is 0 Å². The van der Waals surface area contributed by atoms with Gasteiger partial charge in [-0.05, 0) is 0 Å². The number of ether oxygens (including phenoxy) is 1. The third kappa shape index (κ3) is 39.9. The van der Waals surface area contributed by atoms with Crippen LogP contribution in [0.3, 0.4) is 0 Å². The first-order chi connectivity index (χ1) is 16.0. The number of hydrogen-bond acceptors (Lipinski definition) is 7. The number of carboxylic acid groups (broad SMARTS) is 1. The average molecular weight is 534 g/mol. The summed E-state index contributed by atoms with van der Waals surface area (Å²) in [6, 6.07) is 0. The normalized spacial score (nSPS) is 12.2. The molecule has 0 aromatic heterocycles. The quantitative estimate of drug-likeness (QED) is 0.132. The molecular weight excluding hydrogens is 481 g/mol. The molecule has 0 saturated heterocycles. The van der Waals surface area contributed by atoms with Crippen LogP contribution in [0, 0.1) is 0 Å². The molecule has 0 saturated carbocycles. The van der Waals surface area contributed by atoms with Gasteiger partial charge in [-0.3, -0.25) is 18.6 Å². The molecule has 0 rings (SSSR count). The Morgan fingerprint density at radius 1 is 0.857 bits per heavy atom. The van der Waals surface area contributed by atoms with E-state index in [0.717, 1.165) is 13.0 Å². The summed E-state index contributed by atoms with van der Waals surface area (Å²) in [5.41, 5.74) is 0. The number of nitrogens with one attached hydrogen (secondary N) is 1. The van der Waals surface area contributed by atoms with Crippen LogP contribution in [0.15, 0.2) is 0 Å². The van der Waals surface area contributed by atoms with E-state index in [-0.39, 0.29) is 32.3 Å². The Hall–Kier alpha value is -1.56. The predicted octanol–water partition coefficient (Wildman–Crippen LogP) is 2.12. The number of carboxylic acids is 1. The van der Waals surface area contributed by atoms with Gasteiger partial charge in [-0.2, -0.15) is 0 Å². The molecule has 1 amide bonds. The van der Waals surface area contributed by atoms with Crippen LogP contribution in [-0.4, -0.2) is 118 Å². The van der Waals surface area contributed by atoms with Crippen molar-refractivity contribution in [3.05, 3.63) is 0 Å². The number of carbonyl (C=O) groups is 3. The number of quaternary nitrogens is 2. The van der Waals surface area contributed by atoms with Crippen LogP contribution in [0.1, 0.15) is 48.0 Å². The molecule has 0 spiro atoms. The molecule has 212 valence electrons. The fourth-order valence-corrected chi connectivity index (χ4v) is 2.71. The zero-order valence-corrected chi connectivity index (χ0v) is 24.6. The zero-order valence-electron chi connectivity index (χ0n) is 23.8. The van der Waals surface area contributed by atoms with Crippen molar-refractivity contribution >= 4 is 25.7 Å². The topological polar surface area (TPSA) is 148 Å². The maximum atomic E-state index is 11.3. The van der Waals surface area contributed by atoms with Gasteiger partial charge in [-0.1, -0.05) is 27.7 Å². The van der Waals surface area contributed by atoms with Crippen LogP contribution in [-0.2, 0) is 32.7 Å². The summed E-state index contributed by atoms with van der Waals surface area (Å²) in [5.74, 6) is -1.31. The third-order valence-electron chi connectivity index (χ3n) is 3.54. The molecule has 12 nitrogen and oxygen atoms in total. The molecule has 3 N–H and O–H groups in total. The van der Waals surface area contributed by atoms with Crippen LogP contribution >= 0.6 is 7.82 Å². The van der Waals surface area contributed by atoms with E-state index >= 15 is 0 Å². The maximum absolute atomic E-state index is 11.3. The first-order valence-electron chi connectivity index (χ1n) is 11.8. The monoisotopic (exact) mass is 533 g/mol. The van der Waals surface area contributed by atoms with E-state index in [9.17, 15) is 23.8 Å². The van der Waals surface area contributed by atoms with E-state index in [0.29, 0.717) is 22.1 Å². The second kappa shape index (κ2) is 22.9. The first-order valence-corrected chi connectivity index (χ1v) is 13.3. The number of nitrogens with zero attached hydrogens (tertiary/aromatic N) is 2. The highest BCUT2D eigenvalue weighted by Crippen LogP contribution is 2.42. The van der Waals surface area contributed by atoms with Gasteiger partial charge in [0.25, 0.3) is 0 Å². The lowest BCUT2D eigenvalue weighted by molar-refractivity contribution is -0.883. The number of esters is 1. The number of rotatable bonds is 14. The summed E-state index contributed by atoms with van der Waals surface area (Å²) in [4.78, 5) is 40.7. The van der Waals surface area contributed by atoms with Crippen LogP contribution < -0.4 is 5.32 Å². The third-order valence-corrected chi connectivity index (χ3v) is 4.55. The molecule has 0 heterocycles. The molecule has 13 heteroatoms. The molecule has 0 aliphatic rings. The summed E-state index contributed by atoms with van der Waals surface area (Å²) >= 11 is 0. The van der Waals surface area contributed by atoms with E-state index in [4.69, 9.17) is 9.63 Å². The fraction of sp³-hybridized carbons (Fsp3) is 0.864. The van der Waals surface area contributed by atoms with Crippen molar-refractivity contribution in [2.45, 2.75) is 48.0 Å². The highest BCUT2D eigenvalue weighted by atomic mass is 31.2. The molecule has 35 heavy (non-hydrogen) atoms. The van der Waals surface area contributed by atoms with E-state index in [1.165, 1.54) is 13.8 Å². The van der Waals surface area contributed by atoms with Gasteiger partial charge >= 0.3 is 19.8 Å². The highest BCUT2D eigenvalue weighted by molar-refractivity contribution is 7.47. The Morgan fingerprint density at radius 2 is 1.34 bits per heavy atom. The summed E-state index contributed by atoms with van der Waals surface area (Å²) < 4.78 is 26.3. The largest absolute Gasteiger partial charge is 0.477 e. The molecule has 0 aromatic carbocycles. The molecule has 0 fully saturated rings. The summed E-state index contributed by atoms with van der Waals surface area (Å²) in [6.07, 6.45) is 0.792. The van der Waals surface area contributed by atoms with Crippen LogP contribution in [0.2, 0.25) is 0 Å². The number of likely N-dealkylation sites (N-methyl/N-ethyl adjacent to an activating group) is 2. The lowest BCUT2D eigenvalue weighted by atomic mass is 10.3. The van der Waals surface area contributed by atoms with E-state index in [1.54, 1.807) is 0 Å². The predicted molar refractivity (Wildman–Crippen MR) is 137 cm³/mol. The number of carbonyl (C=O) groups excluding carboxylic acids is 2. The standard InChI is InChI=1S/C9H18N2O3.C9H20NO6P.2C2H6/c1-8(12)10-5-4-6-11(2,3)7-9(13)14;1-9(11)14-7-8-16-17(12,13)15-6-5-10(2,3)4;2*1-2/h4-7H2,1-3H3,(H-,10,12,13,14);5-8H2,1-4H3;2*1-2H3/p+2. The molecular formula is C22H52N3O9P+2. The van der Waals surface area contributed by atoms with Gasteiger partial charge in [0.05, 0.1) is 48.4 Å². The molecule has 1 atom stereocenters. The molecule has 0 aliphatic heterocycles. The minimum Gasteiger partial charge on any atom is -0.477 e. The Morgan fingerprint density at radius 3 is 1.74 bits per heavy atom. The fourth-order valence-electron chi connectivity index (χ4n) is 2.02. The van der Waals surface area contributed by atoms with Crippen molar-refractivity contribution in [1.29, 1.82) is 0 Å². The lowest BCUT2D eigenvalue weighted by Gasteiger charge is -2.27. The molecule has 1 unspecified atom stereocenters. The number of phosphoric acid groups is 1. The van der Waals surface area contributed by atoms with E-state index < -0.39 is 19.8 Å². The van der Waals surface area contributed by atoms with Gasteiger partial charge in [0, 0.05) is 26.8 Å². The Labute approximate surface area is 212 Å². The van der Waals surface area contributed by atoms with Crippen molar-refractivity contribution < 1.29 is 51.7 Å². The zero-order chi connectivity index (χ0) is 28.7. The van der Waals surface area contributed by atoms with Crippen molar-refractivity contribution in [3.63, 3.8) is 0 Å². The smallest absolute Gasteiger partial charge is 0.472 e. The highest BCUT2D eigenvalue weighted by Gasteiger charge is 2.22. The van der Waals surface area contributed by atoms with Gasteiger partial charge in [0.2, 0.25) is 5.91 Å². The first kappa shape index (κ1) is 40.6. The minimum atomic E-state index is -4.04. The number of amides is 1. The van der Waals surface area contributed by atoms with Gasteiger partial charge in [0.15, 0.2) is 6.54 Å². The van der Waals surface area contributed by atoms with Crippen molar-refractivity contribution in [2.24, 2.45) is 0 Å². The van der Waals surface area contributed by atoms with Crippen LogP contribution in [0.25, 0.3) is 0 Å². The summed E-state index contributed by atoms with van der Waals surface area (Å²) in [7, 11) is 5.50. The van der Waals surface area contributed by atoms with Gasteiger partial charge < -0.3 is 29.0 Å². The van der Waals surface area contributed by atoms with Gasteiger partial charge in [0.1, 0.15) is 19.8 Å². The average Bonchev–Trinajstić information content (AvgIpc) is 2.70. The van der Waals surface area contributed by atoms with Crippen molar-refractivity contribution in [2.75, 3.05) is 81.2 Å². The maximum Gasteiger partial charge on any atom is 0.472 e. The Bertz CT molecular complexity index is 609. The SMILES string of the molecule is CC.CC.CC(=O)NCCC[N+](C)(C)CC(=O)O.CC(=O)OCCOP(=O)(O)OCC[N+](C)(C)C. The molecule has 0 aromatic rings. The molecule has 0 aliphatic carbocycles. The van der Waals surface area contributed by atoms with E-state index in [1.807, 2.05) is 62.9 Å². The van der Waals surface area contributed by atoms with Gasteiger partial charge in [-0.25, -0.2) is 9.36 Å². The Balaban J connectivity index is -0.000000243. The van der Waals surface area contributed by atoms with Crippen molar-refractivity contribution in [1.82, 2.24) is 5.32 Å². The molecule has 0 bridgehead atoms. The number of phosphoric ester groups is 1. The summed E-state index contributed by atoms with van der Waals surface area (Å²) in [6.45, 7) is 12.6. The second-order valence-electron chi connectivity index (χ2n) is 8.54. The van der Waals surface area contributed by atoms with Crippen LogP contribution in [0.5, 0.6) is 0 Å². The lowest BCUT2D eigenvalue weighted by Crippen LogP contribution is -2.45. The number of aliphatic carboxylic acids is 1. The second-order valence-corrected chi connectivity index (χ2v) is 9.99. The minimum absolute atomic E-state index is 0.0476. The number of hydrogen-bond donors (Lipinski definition) is 3. The van der Waals surface area contributed by atoms with Gasteiger partial charge in [-0.15, -0.1) is 0 Å². The summed E-state index contributed by atoms with van der Waals surface area (Å²) in [5, 5.41) is 11.3.